The predicted molar refractivity (Wildman–Crippen MR) is 44.2 cm³/mol. The fraction of sp³-hybridized carbons (Fsp3) is 0.500. The average Bonchev–Trinajstić information content (AvgIpc) is 2.61. The average molecular weight is 185 g/mol. The van der Waals surface area contributed by atoms with Crippen molar-refractivity contribution in [3.05, 3.63) is 11.4 Å². The van der Waals surface area contributed by atoms with Crippen molar-refractivity contribution in [2.75, 3.05) is 6.54 Å². The van der Waals surface area contributed by atoms with Gasteiger partial charge in [-0.15, -0.1) is 0 Å². The first kappa shape index (κ1) is 9.62. The summed E-state index contributed by atoms with van der Waals surface area (Å²) in [6, 6.07) is 0. The van der Waals surface area contributed by atoms with E-state index in [-0.39, 0.29) is 12.4 Å². The topological polar surface area (TPSA) is 110 Å². The van der Waals surface area contributed by atoms with Gasteiger partial charge in [-0.25, -0.2) is 4.63 Å². The minimum absolute atomic E-state index is 0.184. The SMILES string of the molecule is CCN=C(NO)c1nonc1CN. The molecule has 7 heteroatoms. The molecule has 7 nitrogen and oxygen atoms in total. The molecular formula is C6H11N5O2. The maximum atomic E-state index is 8.72. The highest BCUT2D eigenvalue weighted by Gasteiger charge is 2.13. The Labute approximate surface area is 74.6 Å². The summed E-state index contributed by atoms with van der Waals surface area (Å²) in [6.45, 7) is 2.52. The number of hydroxylamine groups is 1. The molecule has 1 aromatic heterocycles. The second-order valence-electron chi connectivity index (χ2n) is 2.20. The fourth-order valence-corrected chi connectivity index (χ4v) is 0.842. The molecule has 0 fully saturated rings. The van der Waals surface area contributed by atoms with Crippen LogP contribution in [0.5, 0.6) is 0 Å². The molecule has 0 saturated carbocycles. The molecule has 0 saturated heterocycles. The van der Waals surface area contributed by atoms with Crippen LogP contribution in [0.1, 0.15) is 18.3 Å². The maximum absolute atomic E-state index is 8.72. The van der Waals surface area contributed by atoms with Crippen molar-refractivity contribution in [1.82, 2.24) is 15.8 Å². The van der Waals surface area contributed by atoms with Gasteiger partial charge in [-0.05, 0) is 12.1 Å². The van der Waals surface area contributed by atoms with E-state index in [4.69, 9.17) is 10.9 Å². The lowest BCUT2D eigenvalue weighted by Gasteiger charge is -1.99. The van der Waals surface area contributed by atoms with E-state index >= 15 is 0 Å². The van der Waals surface area contributed by atoms with Crippen LogP contribution in [-0.2, 0) is 6.54 Å². The Morgan fingerprint density at radius 3 is 3.00 bits per heavy atom. The Kier molecular flexibility index (Phi) is 3.35. The van der Waals surface area contributed by atoms with Gasteiger partial charge in [0.15, 0.2) is 11.5 Å². The van der Waals surface area contributed by atoms with Gasteiger partial charge in [0.1, 0.15) is 5.69 Å². The van der Waals surface area contributed by atoms with E-state index in [0.29, 0.717) is 17.9 Å². The Morgan fingerprint density at radius 1 is 1.69 bits per heavy atom. The van der Waals surface area contributed by atoms with Crippen LogP contribution in [0, 0.1) is 0 Å². The summed E-state index contributed by atoms with van der Waals surface area (Å²) in [7, 11) is 0. The largest absolute Gasteiger partial charge is 0.325 e. The van der Waals surface area contributed by atoms with E-state index in [9.17, 15) is 0 Å². The van der Waals surface area contributed by atoms with Gasteiger partial charge >= 0.3 is 0 Å². The summed E-state index contributed by atoms with van der Waals surface area (Å²) in [5.74, 6) is 0.212. The molecule has 0 aliphatic carbocycles. The number of hydrogen-bond donors (Lipinski definition) is 3. The Morgan fingerprint density at radius 2 is 2.46 bits per heavy atom. The van der Waals surface area contributed by atoms with Gasteiger partial charge in [0.2, 0.25) is 0 Å². The van der Waals surface area contributed by atoms with Crippen molar-refractivity contribution in [1.29, 1.82) is 0 Å². The van der Waals surface area contributed by atoms with Crippen molar-refractivity contribution in [2.24, 2.45) is 10.7 Å². The van der Waals surface area contributed by atoms with Crippen molar-refractivity contribution in [2.45, 2.75) is 13.5 Å². The summed E-state index contributed by atoms with van der Waals surface area (Å²) >= 11 is 0. The van der Waals surface area contributed by atoms with Crippen LogP contribution < -0.4 is 11.2 Å². The number of rotatable bonds is 3. The van der Waals surface area contributed by atoms with Gasteiger partial charge in [0.05, 0.1) is 0 Å². The molecule has 0 aliphatic heterocycles. The minimum atomic E-state index is 0.184. The second-order valence-corrected chi connectivity index (χ2v) is 2.20. The molecule has 0 aromatic carbocycles. The quantitative estimate of drug-likeness (QED) is 0.325. The monoisotopic (exact) mass is 185 g/mol. The van der Waals surface area contributed by atoms with E-state index in [1.807, 2.05) is 12.4 Å². The zero-order chi connectivity index (χ0) is 9.68. The van der Waals surface area contributed by atoms with Crippen LogP contribution in [0.2, 0.25) is 0 Å². The first-order valence-corrected chi connectivity index (χ1v) is 3.79. The van der Waals surface area contributed by atoms with E-state index < -0.39 is 0 Å². The molecule has 0 amide bonds. The predicted octanol–water partition coefficient (Wildman–Crippen LogP) is -0.726. The summed E-state index contributed by atoms with van der Waals surface area (Å²) in [6.07, 6.45) is 0. The first-order chi connectivity index (χ1) is 6.33. The lowest BCUT2D eigenvalue weighted by Crippen LogP contribution is -2.23. The Bertz CT molecular complexity index is 295. The molecule has 1 heterocycles. The second kappa shape index (κ2) is 4.53. The van der Waals surface area contributed by atoms with Gasteiger partial charge in [0.25, 0.3) is 0 Å². The standard InChI is InChI=1S/C6H11N5O2/c1-2-8-6(9-12)5-4(3-7)10-13-11-5/h12H,2-3,7H2,1H3,(H,8,9). The van der Waals surface area contributed by atoms with E-state index in [2.05, 4.69) is 19.9 Å². The molecule has 0 atom stereocenters. The number of nitrogens with zero attached hydrogens (tertiary/aromatic N) is 3. The first-order valence-electron chi connectivity index (χ1n) is 3.79. The van der Waals surface area contributed by atoms with Crippen molar-refractivity contribution >= 4 is 5.84 Å². The van der Waals surface area contributed by atoms with Crippen molar-refractivity contribution in [3.8, 4) is 0 Å². The number of nitrogens with two attached hydrogens (primary N) is 1. The summed E-state index contributed by atoms with van der Waals surface area (Å²) in [5, 5.41) is 15.8. The van der Waals surface area contributed by atoms with Crippen LogP contribution in [0.25, 0.3) is 0 Å². The fourth-order valence-electron chi connectivity index (χ4n) is 0.842. The minimum Gasteiger partial charge on any atom is -0.325 e. The molecule has 1 rings (SSSR count). The van der Waals surface area contributed by atoms with Gasteiger partial charge in [-0.3, -0.25) is 15.7 Å². The van der Waals surface area contributed by atoms with Gasteiger partial charge < -0.3 is 5.73 Å². The van der Waals surface area contributed by atoms with E-state index in [0.717, 1.165) is 0 Å². The summed E-state index contributed by atoms with van der Waals surface area (Å²) in [5.41, 5.74) is 8.06. The smallest absolute Gasteiger partial charge is 0.176 e. The van der Waals surface area contributed by atoms with Gasteiger partial charge in [-0.1, -0.05) is 5.16 Å². The molecule has 0 unspecified atom stereocenters. The molecule has 0 bridgehead atoms. The molecule has 13 heavy (non-hydrogen) atoms. The third-order valence-electron chi connectivity index (χ3n) is 1.40. The number of amidine groups is 1. The van der Waals surface area contributed by atoms with Crippen molar-refractivity contribution < 1.29 is 9.84 Å². The Balaban J connectivity index is 2.97. The summed E-state index contributed by atoms with van der Waals surface area (Å²) < 4.78 is 4.45. The lowest BCUT2D eigenvalue weighted by atomic mass is 10.3. The van der Waals surface area contributed by atoms with Crippen LogP contribution in [0.15, 0.2) is 9.62 Å². The zero-order valence-electron chi connectivity index (χ0n) is 7.19. The highest BCUT2D eigenvalue weighted by Crippen LogP contribution is 2.01. The number of hydrogen-bond acceptors (Lipinski definition) is 6. The highest BCUT2D eigenvalue weighted by atomic mass is 16.6. The van der Waals surface area contributed by atoms with Crippen LogP contribution in [0.4, 0.5) is 0 Å². The number of aromatic nitrogens is 2. The highest BCUT2D eigenvalue weighted by molar-refractivity contribution is 5.96. The molecule has 0 spiro atoms. The van der Waals surface area contributed by atoms with E-state index in [1.165, 1.54) is 0 Å². The molecule has 4 N–H and O–H groups in total. The molecule has 0 aliphatic rings. The van der Waals surface area contributed by atoms with Gasteiger partial charge in [0, 0.05) is 13.1 Å². The molecule has 1 aromatic rings. The van der Waals surface area contributed by atoms with Crippen LogP contribution >= 0.6 is 0 Å². The maximum Gasteiger partial charge on any atom is 0.176 e. The van der Waals surface area contributed by atoms with Crippen LogP contribution in [-0.4, -0.2) is 27.9 Å². The molecule has 72 valence electrons. The zero-order valence-corrected chi connectivity index (χ0v) is 7.19. The summed E-state index contributed by atoms with van der Waals surface area (Å²) in [4.78, 5) is 3.93. The Hall–Kier alpha value is -1.47. The lowest BCUT2D eigenvalue weighted by molar-refractivity contribution is 0.233. The van der Waals surface area contributed by atoms with Gasteiger partial charge in [-0.2, -0.15) is 0 Å². The number of nitrogens with one attached hydrogen (secondary N) is 1. The van der Waals surface area contributed by atoms with Crippen LogP contribution in [0.3, 0.4) is 0 Å². The third kappa shape index (κ3) is 2.01. The molecule has 0 radical (unpaired) electrons. The van der Waals surface area contributed by atoms with E-state index in [1.54, 1.807) is 0 Å². The molecular weight excluding hydrogens is 174 g/mol. The van der Waals surface area contributed by atoms with Crippen molar-refractivity contribution in [3.63, 3.8) is 0 Å². The third-order valence-corrected chi connectivity index (χ3v) is 1.40. The number of aliphatic imine (C=N–C) groups is 1. The normalized spacial score (nSPS) is 11.8.